The van der Waals surface area contributed by atoms with Gasteiger partial charge in [0, 0.05) is 22.3 Å². The summed E-state index contributed by atoms with van der Waals surface area (Å²) in [6, 6.07) is 0. The van der Waals surface area contributed by atoms with Crippen LogP contribution in [-0.2, 0) is 9.59 Å². The van der Waals surface area contributed by atoms with E-state index in [1.54, 1.807) is 13.0 Å². The van der Waals surface area contributed by atoms with Gasteiger partial charge in [-0.3, -0.25) is 4.79 Å². The van der Waals surface area contributed by atoms with E-state index in [4.69, 9.17) is 0 Å². The van der Waals surface area contributed by atoms with Gasteiger partial charge in [0.1, 0.15) is 0 Å². The molecule has 152 valence electrons. The minimum Gasteiger partial charge on any atom is -0.515 e. The van der Waals surface area contributed by atoms with Gasteiger partial charge < -0.3 is 20.4 Å². The summed E-state index contributed by atoms with van der Waals surface area (Å²) in [5, 5.41) is 41.4. The summed E-state index contributed by atoms with van der Waals surface area (Å²) in [5.41, 5.74) is -1.13. The number of ketones is 1. The standard InChI is InChI=1S/C22H28O6/c1-11-6-13-14-4-5-22(28,19(26)27)21(14,3)9-17(25)18(13)20(2)8-12(10-23)16(24)7-15(11)20/h6-7,10,13-14,17-18,23,25,28H,4-5,8-9H2,1-3H3,(H,26,27)/b12-10-/t13-,14-,17-,18+,20-,21-,22-/m0/s1. The van der Waals surface area contributed by atoms with Crippen LogP contribution in [0.15, 0.2) is 35.1 Å². The van der Waals surface area contributed by atoms with Gasteiger partial charge in [0.25, 0.3) is 0 Å². The van der Waals surface area contributed by atoms with E-state index in [0.717, 1.165) is 17.4 Å². The number of rotatable bonds is 1. The number of fused-ring (bicyclic) bond motifs is 5. The van der Waals surface area contributed by atoms with Crippen LogP contribution in [0.2, 0.25) is 0 Å². The van der Waals surface area contributed by atoms with E-state index < -0.39 is 28.5 Å². The molecule has 0 heterocycles. The fraction of sp³-hybridized carbons (Fsp3) is 0.636. The third-order valence-corrected chi connectivity index (χ3v) is 8.38. The molecule has 6 heteroatoms. The molecule has 4 N–H and O–H groups in total. The molecule has 0 aromatic carbocycles. The molecule has 0 aromatic heterocycles. The van der Waals surface area contributed by atoms with Crippen molar-refractivity contribution in [1.82, 2.24) is 0 Å². The van der Waals surface area contributed by atoms with Gasteiger partial charge in [-0.15, -0.1) is 0 Å². The molecule has 0 radical (unpaired) electrons. The van der Waals surface area contributed by atoms with Gasteiger partial charge >= 0.3 is 5.97 Å². The van der Waals surface area contributed by atoms with Gasteiger partial charge in [-0.2, -0.15) is 0 Å². The summed E-state index contributed by atoms with van der Waals surface area (Å²) < 4.78 is 0. The molecule has 2 fully saturated rings. The van der Waals surface area contributed by atoms with Crippen LogP contribution in [0.5, 0.6) is 0 Å². The van der Waals surface area contributed by atoms with Crippen LogP contribution in [0.1, 0.15) is 46.5 Å². The SMILES string of the molecule is CC1=C[C@@H]2[C@H]([C@@H](O)C[C@@]3(C)[C@H]2CC[C@]3(O)C(=O)O)[C@@]2(C)C/C(=C/O)C(=O)C=C12. The molecule has 0 saturated heterocycles. The van der Waals surface area contributed by atoms with E-state index >= 15 is 0 Å². The summed E-state index contributed by atoms with van der Waals surface area (Å²) in [6.45, 7) is 5.75. The van der Waals surface area contributed by atoms with Crippen LogP contribution in [-0.4, -0.2) is 43.9 Å². The van der Waals surface area contributed by atoms with Crippen LogP contribution in [0, 0.1) is 28.6 Å². The summed E-state index contributed by atoms with van der Waals surface area (Å²) in [5.74, 6) is -1.82. The second-order valence-corrected chi connectivity index (χ2v) is 9.62. The highest BCUT2D eigenvalue weighted by molar-refractivity contribution is 6.06. The Morgan fingerprint density at radius 1 is 1.32 bits per heavy atom. The predicted molar refractivity (Wildman–Crippen MR) is 101 cm³/mol. The topological polar surface area (TPSA) is 115 Å². The maximum Gasteiger partial charge on any atom is 0.336 e. The van der Waals surface area contributed by atoms with Gasteiger partial charge in [0.05, 0.1) is 12.4 Å². The number of allylic oxidation sites excluding steroid dienone is 5. The Hall–Kier alpha value is -1.92. The number of carbonyl (C=O) groups excluding carboxylic acids is 1. The minimum atomic E-state index is -1.85. The van der Waals surface area contributed by atoms with E-state index in [2.05, 4.69) is 6.08 Å². The Labute approximate surface area is 164 Å². The number of hydrogen-bond donors (Lipinski definition) is 4. The van der Waals surface area contributed by atoms with Crippen LogP contribution in [0.3, 0.4) is 0 Å². The molecule has 4 aliphatic rings. The van der Waals surface area contributed by atoms with Crippen molar-refractivity contribution in [2.24, 2.45) is 28.6 Å². The molecule has 28 heavy (non-hydrogen) atoms. The molecule has 0 amide bonds. The number of aliphatic carboxylic acids is 1. The zero-order valence-corrected chi connectivity index (χ0v) is 16.5. The van der Waals surface area contributed by atoms with Crippen molar-refractivity contribution >= 4 is 11.8 Å². The Morgan fingerprint density at radius 2 is 2.00 bits per heavy atom. The molecule has 0 unspecified atom stereocenters. The quantitative estimate of drug-likeness (QED) is 0.405. The van der Waals surface area contributed by atoms with Crippen molar-refractivity contribution in [1.29, 1.82) is 0 Å². The van der Waals surface area contributed by atoms with E-state index in [9.17, 15) is 30.0 Å². The zero-order valence-electron chi connectivity index (χ0n) is 16.5. The molecule has 6 nitrogen and oxygen atoms in total. The Balaban J connectivity index is 1.86. The minimum absolute atomic E-state index is 0.0745. The number of carbonyl (C=O) groups is 2. The van der Waals surface area contributed by atoms with Crippen LogP contribution in [0.4, 0.5) is 0 Å². The average Bonchev–Trinajstić information content (AvgIpc) is 2.88. The summed E-state index contributed by atoms with van der Waals surface area (Å²) in [6.07, 6.45) is 4.96. The smallest absolute Gasteiger partial charge is 0.336 e. The Bertz CT molecular complexity index is 853. The summed E-state index contributed by atoms with van der Waals surface area (Å²) >= 11 is 0. The predicted octanol–water partition coefficient (Wildman–Crippen LogP) is 2.52. The molecule has 0 aromatic rings. The maximum atomic E-state index is 12.3. The van der Waals surface area contributed by atoms with Crippen LogP contribution in [0.25, 0.3) is 0 Å². The second-order valence-electron chi connectivity index (χ2n) is 9.62. The molecule has 0 spiro atoms. The van der Waals surface area contributed by atoms with Crippen molar-refractivity contribution in [2.75, 3.05) is 0 Å². The first-order valence-electron chi connectivity index (χ1n) is 9.92. The molecule has 4 aliphatic carbocycles. The Morgan fingerprint density at radius 3 is 2.61 bits per heavy atom. The first-order chi connectivity index (χ1) is 13.0. The fourth-order valence-electron chi connectivity index (χ4n) is 7.02. The zero-order chi connectivity index (χ0) is 20.6. The van der Waals surface area contributed by atoms with Crippen LogP contribution >= 0.6 is 0 Å². The van der Waals surface area contributed by atoms with Gasteiger partial charge in [-0.25, -0.2) is 4.79 Å². The highest BCUT2D eigenvalue weighted by Crippen LogP contribution is 2.67. The summed E-state index contributed by atoms with van der Waals surface area (Å²) in [7, 11) is 0. The van der Waals surface area contributed by atoms with Gasteiger partial charge in [-0.1, -0.05) is 25.5 Å². The fourth-order valence-corrected chi connectivity index (χ4v) is 7.02. The monoisotopic (exact) mass is 388 g/mol. The average molecular weight is 388 g/mol. The molecular formula is C22H28O6. The van der Waals surface area contributed by atoms with E-state index in [0.29, 0.717) is 18.4 Å². The van der Waals surface area contributed by atoms with Crippen molar-refractivity contribution in [2.45, 2.75) is 58.2 Å². The van der Waals surface area contributed by atoms with Crippen molar-refractivity contribution in [3.63, 3.8) is 0 Å². The molecule has 2 saturated carbocycles. The number of hydrogen-bond acceptors (Lipinski definition) is 5. The normalized spacial score (nSPS) is 49.0. The lowest BCUT2D eigenvalue weighted by Crippen LogP contribution is -2.61. The highest BCUT2D eigenvalue weighted by Gasteiger charge is 2.68. The van der Waals surface area contributed by atoms with E-state index in [-0.39, 0.29) is 36.4 Å². The third kappa shape index (κ3) is 2.16. The molecular weight excluding hydrogens is 360 g/mol. The van der Waals surface area contributed by atoms with Crippen molar-refractivity contribution in [3.8, 4) is 0 Å². The third-order valence-electron chi connectivity index (χ3n) is 8.38. The molecule has 7 atom stereocenters. The maximum absolute atomic E-state index is 12.3. The number of carboxylic acid groups (broad SMARTS) is 1. The molecule has 4 rings (SSSR count). The number of aliphatic hydroxyl groups excluding tert-OH is 2. The van der Waals surface area contributed by atoms with Crippen molar-refractivity contribution < 1.29 is 30.0 Å². The van der Waals surface area contributed by atoms with E-state index in [1.807, 2.05) is 13.8 Å². The van der Waals surface area contributed by atoms with E-state index in [1.165, 1.54) is 0 Å². The largest absolute Gasteiger partial charge is 0.515 e. The van der Waals surface area contributed by atoms with Gasteiger partial charge in [-0.05, 0) is 56.1 Å². The van der Waals surface area contributed by atoms with Crippen molar-refractivity contribution in [3.05, 3.63) is 35.1 Å². The Kier molecular flexibility index (Phi) is 4.02. The van der Waals surface area contributed by atoms with Crippen LogP contribution < -0.4 is 0 Å². The number of aliphatic hydroxyl groups is 3. The lowest BCUT2D eigenvalue weighted by molar-refractivity contribution is -0.188. The molecule has 0 aliphatic heterocycles. The summed E-state index contributed by atoms with van der Waals surface area (Å²) in [4.78, 5) is 24.2. The second kappa shape index (κ2) is 5.80. The van der Waals surface area contributed by atoms with Gasteiger partial charge in [0.15, 0.2) is 11.4 Å². The lowest BCUT2D eigenvalue weighted by Gasteiger charge is -2.59. The number of carboxylic acids is 1. The lowest BCUT2D eigenvalue weighted by atomic mass is 9.46. The molecule has 0 bridgehead atoms. The highest BCUT2D eigenvalue weighted by atomic mass is 16.4. The first-order valence-corrected chi connectivity index (χ1v) is 9.92. The van der Waals surface area contributed by atoms with Gasteiger partial charge in [0.2, 0.25) is 0 Å². The first kappa shape index (κ1) is 19.4.